The highest BCUT2D eigenvalue weighted by Gasteiger charge is 2.52. The molecule has 3 aromatic carbocycles. The summed E-state index contributed by atoms with van der Waals surface area (Å²) in [6, 6.07) is 18.1. The second kappa shape index (κ2) is 8.56. The van der Waals surface area contributed by atoms with Crippen molar-refractivity contribution in [2.45, 2.75) is 22.0 Å². The minimum absolute atomic E-state index is 0.314. The number of rotatable bonds is 7. The molecule has 0 atom stereocenters. The van der Waals surface area contributed by atoms with Gasteiger partial charge in [-0.15, -0.1) is 0 Å². The first-order chi connectivity index (χ1) is 14.6. The molecule has 0 aliphatic heterocycles. The molecule has 6 nitrogen and oxygen atoms in total. The number of hydrogen-bond acceptors (Lipinski definition) is 6. The van der Waals surface area contributed by atoms with E-state index in [1.54, 1.807) is 6.92 Å². The summed E-state index contributed by atoms with van der Waals surface area (Å²) in [5, 5.41) is -1.46. The predicted octanol–water partition coefficient (Wildman–Crippen LogP) is 4.17. The van der Waals surface area contributed by atoms with Crippen LogP contribution in [0, 0.1) is 6.92 Å². The summed E-state index contributed by atoms with van der Waals surface area (Å²) in [5.74, 6) is 0. The highest BCUT2D eigenvalue weighted by atomic mass is 32.2. The van der Waals surface area contributed by atoms with Gasteiger partial charge < -0.3 is 0 Å². The average molecular weight is 465 g/mol. The minimum Gasteiger partial charge on any atom is -0.264 e. The van der Waals surface area contributed by atoms with Crippen LogP contribution in [0.4, 0.5) is 8.78 Å². The number of oxime groups is 1. The molecule has 0 saturated heterocycles. The zero-order valence-electron chi connectivity index (χ0n) is 16.1. The average Bonchev–Trinajstić information content (AvgIpc) is 2.75. The number of aryl methyl sites for hydroxylation is 1. The fourth-order valence-electron chi connectivity index (χ4n) is 2.58. The van der Waals surface area contributed by atoms with Crippen LogP contribution in [0.1, 0.15) is 11.1 Å². The fraction of sp³-hybridized carbons (Fsp3) is 0.0952. The minimum atomic E-state index is -5.26. The molecule has 0 N–H and O–H groups in total. The molecule has 162 valence electrons. The third-order valence-electron chi connectivity index (χ3n) is 4.25. The van der Waals surface area contributed by atoms with Gasteiger partial charge in [0, 0.05) is 5.56 Å². The predicted molar refractivity (Wildman–Crippen MR) is 111 cm³/mol. The van der Waals surface area contributed by atoms with Gasteiger partial charge in [0.05, 0.1) is 4.90 Å². The summed E-state index contributed by atoms with van der Waals surface area (Å²) in [6.07, 6.45) is 0. The van der Waals surface area contributed by atoms with E-state index in [-0.39, 0.29) is 10.5 Å². The van der Waals surface area contributed by atoms with E-state index < -0.39 is 35.8 Å². The molecule has 0 spiro atoms. The van der Waals surface area contributed by atoms with Crippen molar-refractivity contribution in [1.29, 1.82) is 0 Å². The normalized spacial score (nSPS) is 13.1. The Bertz CT molecular complexity index is 1290. The maximum absolute atomic E-state index is 15.3. The van der Waals surface area contributed by atoms with Crippen LogP contribution in [0.2, 0.25) is 0 Å². The standard InChI is InChI=1S/C21H17F2NO5S2/c1-16-12-14-19(15-13-16)31(27,28)29-24-20(17-8-4-2-5-9-17)21(22,23)30(25,26)18-10-6-3-7-11-18/h2-15H,1H3. The first kappa shape index (κ1) is 22.6. The molecule has 0 aliphatic carbocycles. The first-order valence-electron chi connectivity index (χ1n) is 8.87. The Morgan fingerprint density at radius 2 is 1.29 bits per heavy atom. The summed E-state index contributed by atoms with van der Waals surface area (Å²) in [5.41, 5.74) is -0.897. The van der Waals surface area contributed by atoms with E-state index in [1.165, 1.54) is 72.8 Å². The zero-order valence-corrected chi connectivity index (χ0v) is 17.8. The summed E-state index contributed by atoms with van der Waals surface area (Å²) in [7, 11) is -9.83. The SMILES string of the molecule is Cc1ccc(S(=O)(=O)ON=C(c2ccccc2)C(F)(F)S(=O)(=O)c2ccccc2)cc1. The molecular weight excluding hydrogens is 448 g/mol. The van der Waals surface area contributed by atoms with Gasteiger partial charge in [-0.3, -0.25) is 4.28 Å². The molecule has 3 rings (SSSR count). The van der Waals surface area contributed by atoms with Gasteiger partial charge in [-0.25, -0.2) is 8.42 Å². The Morgan fingerprint density at radius 3 is 1.84 bits per heavy atom. The Labute approximate surface area is 178 Å². The lowest BCUT2D eigenvalue weighted by molar-refractivity contribution is 0.164. The molecule has 0 fully saturated rings. The van der Waals surface area contributed by atoms with E-state index in [4.69, 9.17) is 0 Å². The smallest absolute Gasteiger partial charge is 0.264 e. The van der Waals surface area contributed by atoms with Gasteiger partial charge in [0.25, 0.3) is 0 Å². The molecule has 3 aromatic rings. The van der Waals surface area contributed by atoms with E-state index in [9.17, 15) is 16.8 Å². The van der Waals surface area contributed by atoms with Gasteiger partial charge in [-0.1, -0.05) is 71.4 Å². The molecule has 0 aromatic heterocycles. The largest absolute Gasteiger partial charge is 0.395 e. The van der Waals surface area contributed by atoms with Crippen molar-refractivity contribution in [2.75, 3.05) is 0 Å². The van der Waals surface area contributed by atoms with Crippen molar-refractivity contribution in [3.8, 4) is 0 Å². The van der Waals surface area contributed by atoms with E-state index in [2.05, 4.69) is 9.44 Å². The van der Waals surface area contributed by atoms with E-state index >= 15 is 8.78 Å². The molecule has 31 heavy (non-hydrogen) atoms. The molecule has 0 radical (unpaired) electrons. The van der Waals surface area contributed by atoms with Crippen LogP contribution in [0.3, 0.4) is 0 Å². The maximum Gasteiger partial charge on any atom is 0.395 e. The Morgan fingerprint density at radius 1 is 0.774 bits per heavy atom. The third kappa shape index (κ3) is 4.64. The first-order valence-corrected chi connectivity index (χ1v) is 11.8. The van der Waals surface area contributed by atoms with Gasteiger partial charge >= 0.3 is 15.4 Å². The van der Waals surface area contributed by atoms with E-state index in [1.807, 2.05) is 0 Å². The third-order valence-corrected chi connectivity index (χ3v) is 7.13. The van der Waals surface area contributed by atoms with Gasteiger partial charge in [0.2, 0.25) is 9.84 Å². The number of sulfone groups is 1. The number of halogens is 2. The van der Waals surface area contributed by atoms with Gasteiger partial charge in [0.1, 0.15) is 4.90 Å². The Hall–Kier alpha value is -3.11. The van der Waals surface area contributed by atoms with Gasteiger partial charge in [0.15, 0.2) is 5.71 Å². The molecule has 10 heteroatoms. The summed E-state index contributed by atoms with van der Waals surface area (Å²) in [6.45, 7) is 1.73. The van der Waals surface area contributed by atoms with Crippen LogP contribution < -0.4 is 0 Å². The maximum atomic E-state index is 15.3. The van der Waals surface area contributed by atoms with Crippen molar-refractivity contribution >= 4 is 25.7 Å². The molecule has 0 heterocycles. The number of hydrogen-bond donors (Lipinski definition) is 0. The molecule has 0 aliphatic rings. The van der Waals surface area contributed by atoms with E-state index in [0.717, 1.165) is 17.7 Å². The zero-order chi connectivity index (χ0) is 22.7. The van der Waals surface area contributed by atoms with Crippen LogP contribution in [0.15, 0.2) is 99.9 Å². The highest BCUT2D eigenvalue weighted by molar-refractivity contribution is 7.93. The van der Waals surface area contributed by atoms with Crippen LogP contribution in [-0.2, 0) is 24.2 Å². The number of nitrogens with zero attached hydrogens (tertiary/aromatic N) is 1. The highest BCUT2D eigenvalue weighted by Crippen LogP contribution is 2.33. The van der Waals surface area contributed by atoms with Crippen LogP contribution >= 0.6 is 0 Å². The second-order valence-corrected chi connectivity index (χ2v) is 10.0. The van der Waals surface area contributed by atoms with Crippen molar-refractivity contribution in [3.05, 3.63) is 96.1 Å². The molecule has 0 bridgehead atoms. The van der Waals surface area contributed by atoms with E-state index in [0.29, 0.717) is 0 Å². The van der Waals surface area contributed by atoms with Gasteiger partial charge in [-0.05, 0) is 31.2 Å². The van der Waals surface area contributed by atoms with Crippen LogP contribution in [-0.4, -0.2) is 27.8 Å². The Balaban J connectivity index is 2.10. The molecular formula is C21H17F2NO5S2. The second-order valence-electron chi connectivity index (χ2n) is 6.48. The fourth-order valence-corrected chi connectivity index (χ4v) is 4.53. The van der Waals surface area contributed by atoms with Crippen molar-refractivity contribution < 1.29 is 29.9 Å². The lowest BCUT2D eigenvalue weighted by Gasteiger charge is -2.19. The van der Waals surface area contributed by atoms with Crippen LogP contribution in [0.25, 0.3) is 0 Å². The lowest BCUT2D eigenvalue weighted by atomic mass is 10.1. The number of benzene rings is 3. The van der Waals surface area contributed by atoms with Crippen molar-refractivity contribution in [3.63, 3.8) is 0 Å². The van der Waals surface area contributed by atoms with Crippen LogP contribution in [0.5, 0.6) is 0 Å². The van der Waals surface area contributed by atoms with Crippen molar-refractivity contribution in [2.24, 2.45) is 5.16 Å². The summed E-state index contributed by atoms with van der Waals surface area (Å²) >= 11 is 0. The van der Waals surface area contributed by atoms with Gasteiger partial charge in [-0.2, -0.15) is 17.2 Å². The van der Waals surface area contributed by atoms with Crippen molar-refractivity contribution in [1.82, 2.24) is 0 Å². The Kier molecular flexibility index (Phi) is 6.23. The monoisotopic (exact) mass is 465 g/mol. The quantitative estimate of drug-likeness (QED) is 0.386. The molecule has 0 amide bonds. The summed E-state index contributed by atoms with van der Waals surface area (Å²) in [4.78, 5) is -0.964. The number of alkyl halides is 2. The summed E-state index contributed by atoms with van der Waals surface area (Å²) < 4.78 is 85.2. The topological polar surface area (TPSA) is 89.9 Å². The molecule has 0 unspecified atom stereocenters. The molecule has 0 saturated carbocycles. The lowest BCUT2D eigenvalue weighted by Crippen LogP contribution is -2.39.